The van der Waals surface area contributed by atoms with Gasteiger partial charge in [-0.05, 0) is 54.4 Å². The van der Waals surface area contributed by atoms with Gasteiger partial charge in [-0.3, -0.25) is 4.79 Å². The highest BCUT2D eigenvalue weighted by atomic mass is 35.5. The predicted molar refractivity (Wildman–Crippen MR) is 154 cm³/mol. The molecule has 0 saturated carbocycles. The highest BCUT2D eigenvalue weighted by Crippen LogP contribution is 2.33. The van der Waals surface area contributed by atoms with Crippen molar-refractivity contribution in [2.45, 2.75) is 50.2 Å². The number of rotatable bonds is 11. The summed E-state index contributed by atoms with van der Waals surface area (Å²) in [6.45, 7) is 6.71. The molecule has 2 atom stereocenters. The first kappa shape index (κ1) is 29.1. The van der Waals surface area contributed by atoms with E-state index < -0.39 is 16.1 Å². The monoisotopic (exact) mass is 569 g/mol. The van der Waals surface area contributed by atoms with Crippen molar-refractivity contribution >= 4 is 27.5 Å². The second-order valence-electron chi connectivity index (χ2n) is 10.5. The summed E-state index contributed by atoms with van der Waals surface area (Å²) in [6, 6.07) is 20.2. The molecule has 1 amide bonds. The van der Waals surface area contributed by atoms with Crippen molar-refractivity contribution in [3.8, 4) is 5.75 Å². The molecule has 2 N–H and O–H groups in total. The van der Waals surface area contributed by atoms with Gasteiger partial charge in [-0.15, -0.1) is 0 Å². The van der Waals surface area contributed by atoms with Gasteiger partial charge >= 0.3 is 0 Å². The van der Waals surface area contributed by atoms with E-state index in [1.54, 1.807) is 0 Å². The van der Waals surface area contributed by atoms with Gasteiger partial charge in [0.25, 0.3) is 0 Å². The highest BCUT2D eigenvalue weighted by molar-refractivity contribution is 7.89. The Morgan fingerprint density at radius 2 is 1.79 bits per heavy atom. The average molecular weight is 570 g/mol. The summed E-state index contributed by atoms with van der Waals surface area (Å²) in [7, 11) is -1.78. The molecule has 1 aliphatic heterocycles. The number of nitrogens with zero attached hydrogens (tertiary/aromatic N) is 1. The van der Waals surface area contributed by atoms with Gasteiger partial charge in [-0.1, -0.05) is 67.9 Å². The van der Waals surface area contributed by atoms with E-state index in [0.29, 0.717) is 29.5 Å². The summed E-state index contributed by atoms with van der Waals surface area (Å²) in [5.41, 5.74) is 2.79. The zero-order valence-electron chi connectivity index (χ0n) is 22.6. The lowest BCUT2D eigenvalue weighted by molar-refractivity contribution is -0.122. The van der Waals surface area contributed by atoms with Gasteiger partial charge in [0.1, 0.15) is 5.75 Å². The van der Waals surface area contributed by atoms with E-state index in [2.05, 4.69) is 48.0 Å². The van der Waals surface area contributed by atoms with Crippen LogP contribution in [0.1, 0.15) is 55.5 Å². The molecule has 208 valence electrons. The summed E-state index contributed by atoms with van der Waals surface area (Å²) in [5.74, 6) is 1.12. The van der Waals surface area contributed by atoms with E-state index in [4.69, 9.17) is 16.3 Å². The SMILES string of the molecule is CC(C)CN(C)Cc1ccc2c(c1)OCCC2NC(=O)CC(NS(=O)(=O)c1ccc(Cl)cc1)c1ccccc1. The van der Waals surface area contributed by atoms with E-state index in [0.717, 1.165) is 30.0 Å². The van der Waals surface area contributed by atoms with Crippen LogP contribution in [0.25, 0.3) is 0 Å². The molecule has 0 aromatic heterocycles. The van der Waals surface area contributed by atoms with Crippen LogP contribution in [0.15, 0.2) is 77.7 Å². The number of benzene rings is 3. The van der Waals surface area contributed by atoms with Crippen molar-refractivity contribution in [1.82, 2.24) is 14.9 Å². The second-order valence-corrected chi connectivity index (χ2v) is 12.6. The van der Waals surface area contributed by atoms with Crippen LogP contribution >= 0.6 is 11.6 Å². The molecule has 1 aliphatic rings. The zero-order valence-corrected chi connectivity index (χ0v) is 24.1. The maximum atomic E-state index is 13.3. The van der Waals surface area contributed by atoms with Crippen LogP contribution in [-0.4, -0.2) is 39.4 Å². The Balaban J connectivity index is 1.47. The van der Waals surface area contributed by atoms with Gasteiger partial charge in [0, 0.05) is 36.5 Å². The summed E-state index contributed by atoms with van der Waals surface area (Å²) in [4.78, 5) is 15.6. The molecule has 7 nitrogen and oxygen atoms in total. The first-order valence-electron chi connectivity index (χ1n) is 13.2. The third-order valence-electron chi connectivity index (χ3n) is 6.59. The maximum Gasteiger partial charge on any atom is 0.241 e. The Labute approximate surface area is 236 Å². The van der Waals surface area contributed by atoms with Crippen molar-refractivity contribution in [1.29, 1.82) is 0 Å². The summed E-state index contributed by atoms with van der Waals surface area (Å²) < 4.78 is 34.9. The summed E-state index contributed by atoms with van der Waals surface area (Å²) in [6.07, 6.45) is 0.583. The lowest BCUT2D eigenvalue weighted by Crippen LogP contribution is -2.36. The van der Waals surface area contributed by atoms with Crippen molar-refractivity contribution in [3.63, 3.8) is 0 Å². The van der Waals surface area contributed by atoms with Gasteiger partial charge in [-0.25, -0.2) is 13.1 Å². The number of ether oxygens (including phenoxy) is 1. The van der Waals surface area contributed by atoms with Gasteiger partial charge in [0.15, 0.2) is 0 Å². The lowest BCUT2D eigenvalue weighted by atomic mass is 9.97. The molecule has 0 spiro atoms. The minimum atomic E-state index is -3.89. The number of nitrogens with one attached hydrogen (secondary N) is 2. The molecule has 0 aliphatic carbocycles. The van der Waals surface area contributed by atoms with Gasteiger partial charge in [0.2, 0.25) is 15.9 Å². The fourth-order valence-corrected chi connectivity index (χ4v) is 6.25. The second kappa shape index (κ2) is 13.0. The third-order valence-corrected chi connectivity index (χ3v) is 8.33. The smallest absolute Gasteiger partial charge is 0.241 e. The van der Waals surface area contributed by atoms with Crippen LogP contribution < -0.4 is 14.8 Å². The van der Waals surface area contributed by atoms with Crippen LogP contribution in [0.4, 0.5) is 0 Å². The van der Waals surface area contributed by atoms with E-state index in [-0.39, 0.29) is 23.3 Å². The third kappa shape index (κ3) is 8.05. The number of amides is 1. The van der Waals surface area contributed by atoms with Crippen molar-refractivity contribution in [3.05, 3.63) is 94.5 Å². The Hall–Kier alpha value is -2.91. The lowest BCUT2D eigenvalue weighted by Gasteiger charge is -2.28. The number of hydrogen-bond acceptors (Lipinski definition) is 5. The van der Waals surface area contributed by atoms with Crippen LogP contribution in [0, 0.1) is 5.92 Å². The number of halogens is 1. The molecule has 39 heavy (non-hydrogen) atoms. The van der Waals surface area contributed by atoms with Gasteiger partial charge in [0.05, 0.1) is 23.6 Å². The maximum absolute atomic E-state index is 13.3. The van der Waals surface area contributed by atoms with E-state index >= 15 is 0 Å². The van der Waals surface area contributed by atoms with Crippen LogP contribution in [0.2, 0.25) is 5.02 Å². The Bertz CT molecular complexity index is 1360. The predicted octanol–water partition coefficient (Wildman–Crippen LogP) is 5.48. The molecule has 0 bridgehead atoms. The van der Waals surface area contributed by atoms with E-state index in [9.17, 15) is 13.2 Å². The van der Waals surface area contributed by atoms with Crippen molar-refractivity contribution < 1.29 is 17.9 Å². The molecule has 0 saturated heterocycles. The fourth-order valence-electron chi connectivity index (χ4n) is 4.90. The Morgan fingerprint density at radius 3 is 2.49 bits per heavy atom. The summed E-state index contributed by atoms with van der Waals surface area (Å²) >= 11 is 5.93. The topological polar surface area (TPSA) is 87.7 Å². The highest BCUT2D eigenvalue weighted by Gasteiger charge is 2.27. The number of carbonyl (C=O) groups is 1. The number of fused-ring (bicyclic) bond motifs is 1. The molecular weight excluding hydrogens is 534 g/mol. The van der Waals surface area contributed by atoms with Gasteiger partial charge < -0.3 is 15.0 Å². The summed E-state index contributed by atoms with van der Waals surface area (Å²) in [5, 5.41) is 3.56. The molecular formula is C30H36ClN3O4S. The Morgan fingerprint density at radius 1 is 1.08 bits per heavy atom. The van der Waals surface area contributed by atoms with Crippen LogP contribution in [0.5, 0.6) is 5.75 Å². The first-order valence-corrected chi connectivity index (χ1v) is 15.0. The van der Waals surface area contributed by atoms with Crippen molar-refractivity contribution in [2.24, 2.45) is 5.92 Å². The number of sulfonamides is 1. The standard InChI is InChI=1S/C30H36ClN3O4S/c1-21(2)19-34(3)20-22-9-14-26-27(15-16-38-29(26)17-22)32-30(35)18-28(23-7-5-4-6-8-23)33-39(36,37)25-12-10-24(31)11-13-25/h4-14,17,21,27-28,33H,15-16,18-20H2,1-3H3,(H,32,35). The average Bonchev–Trinajstić information content (AvgIpc) is 2.88. The number of carbonyl (C=O) groups excluding carboxylic acids is 1. The molecule has 4 rings (SSSR count). The quantitative estimate of drug-likeness (QED) is 0.319. The molecule has 9 heteroatoms. The van der Waals surface area contributed by atoms with Gasteiger partial charge in [-0.2, -0.15) is 0 Å². The molecule has 0 radical (unpaired) electrons. The van der Waals surface area contributed by atoms with Crippen molar-refractivity contribution in [2.75, 3.05) is 20.2 Å². The largest absolute Gasteiger partial charge is 0.493 e. The first-order chi connectivity index (χ1) is 18.6. The fraction of sp³-hybridized carbons (Fsp3) is 0.367. The minimum Gasteiger partial charge on any atom is -0.493 e. The molecule has 1 heterocycles. The molecule has 3 aromatic carbocycles. The molecule has 2 unspecified atom stereocenters. The zero-order chi connectivity index (χ0) is 28.0. The van der Waals surface area contributed by atoms with E-state index in [1.165, 1.54) is 24.3 Å². The van der Waals surface area contributed by atoms with Crippen LogP contribution in [0.3, 0.4) is 0 Å². The minimum absolute atomic E-state index is 0.0540. The number of hydrogen-bond donors (Lipinski definition) is 2. The molecule has 0 fully saturated rings. The Kier molecular flexibility index (Phi) is 9.67. The molecule has 3 aromatic rings. The van der Waals surface area contributed by atoms with Crippen LogP contribution in [-0.2, 0) is 21.4 Å². The van der Waals surface area contributed by atoms with E-state index in [1.807, 2.05) is 36.4 Å². The normalized spacial score (nSPS) is 16.0.